The Hall–Kier alpha value is -1.02. The van der Waals surface area contributed by atoms with Gasteiger partial charge in [-0.3, -0.25) is 4.79 Å². The molecule has 2 unspecified atom stereocenters. The number of hydrogen-bond donors (Lipinski definition) is 0. The Kier molecular flexibility index (Phi) is 5.64. The third-order valence-corrected chi connectivity index (χ3v) is 6.51. The number of ether oxygens (including phenoxy) is 2. The highest BCUT2D eigenvalue weighted by atomic mass is 35.5. The van der Waals surface area contributed by atoms with Crippen LogP contribution in [0.2, 0.25) is 10.0 Å². The molecule has 2 atom stereocenters. The van der Waals surface area contributed by atoms with Crippen molar-refractivity contribution in [3.63, 3.8) is 0 Å². The van der Waals surface area contributed by atoms with Crippen LogP contribution in [-0.4, -0.2) is 43.2 Å². The zero-order valence-corrected chi connectivity index (χ0v) is 17.0. The smallest absolute Gasteiger partial charge is 0.303 e. The molecule has 0 aliphatic carbocycles. The Morgan fingerprint density at radius 3 is 2.48 bits per heavy atom. The normalized spacial score (nSPS) is 22.2. The van der Waals surface area contributed by atoms with E-state index in [1.54, 1.807) is 26.8 Å². The van der Waals surface area contributed by atoms with Crippen LogP contribution >= 0.6 is 23.2 Å². The Balaban J connectivity index is 2.73. The first kappa shape index (κ1) is 20.3. The van der Waals surface area contributed by atoms with Gasteiger partial charge in [0.15, 0.2) is 6.10 Å². The van der Waals surface area contributed by atoms with Crippen LogP contribution in [0.25, 0.3) is 0 Å². The second kappa shape index (κ2) is 6.95. The maximum atomic E-state index is 12.5. The number of likely N-dealkylation sites (N-methyl/N-ethyl adjacent to an activating group) is 1. The van der Waals surface area contributed by atoms with Gasteiger partial charge in [0.25, 0.3) is 0 Å². The number of fused-ring (bicyclic) bond motifs is 1. The van der Waals surface area contributed by atoms with Crippen molar-refractivity contribution >= 4 is 39.2 Å². The molecule has 6 nitrogen and oxygen atoms in total. The molecule has 0 aromatic heterocycles. The maximum absolute atomic E-state index is 12.5. The van der Waals surface area contributed by atoms with E-state index in [1.807, 2.05) is 0 Å². The first-order valence-electron chi connectivity index (χ1n) is 7.71. The first-order valence-corrected chi connectivity index (χ1v) is 10.1. The summed E-state index contributed by atoms with van der Waals surface area (Å²) in [6, 6.07) is 2.29. The number of sulfonamides is 1. The lowest BCUT2D eigenvalue weighted by Crippen LogP contribution is -2.55. The molecule has 0 spiro atoms. The zero-order valence-electron chi connectivity index (χ0n) is 14.7. The number of benzene rings is 1. The van der Waals surface area contributed by atoms with E-state index in [0.717, 1.165) is 0 Å². The van der Waals surface area contributed by atoms with E-state index in [4.69, 9.17) is 32.7 Å². The van der Waals surface area contributed by atoms with E-state index in [0.29, 0.717) is 16.3 Å². The molecule has 9 heteroatoms. The summed E-state index contributed by atoms with van der Waals surface area (Å²) in [5, 5.41) is 0.602. The minimum Gasteiger partial charge on any atom is -0.482 e. The summed E-state index contributed by atoms with van der Waals surface area (Å²) in [5.74, 6) is -0.300. The van der Waals surface area contributed by atoms with Crippen LogP contribution in [0.3, 0.4) is 0 Å². The first-order chi connectivity index (χ1) is 11.4. The number of esters is 1. The molecule has 2 rings (SSSR count). The molecule has 1 heterocycles. The Bertz CT molecular complexity index is 794. The van der Waals surface area contributed by atoms with Crippen LogP contribution in [0.15, 0.2) is 12.1 Å². The molecule has 0 bridgehead atoms. The van der Waals surface area contributed by atoms with Gasteiger partial charge in [-0.05, 0) is 32.9 Å². The third-order valence-electron chi connectivity index (χ3n) is 4.18. The minimum atomic E-state index is -3.58. The van der Waals surface area contributed by atoms with E-state index < -0.39 is 33.7 Å². The van der Waals surface area contributed by atoms with Crippen molar-refractivity contribution in [3.05, 3.63) is 27.7 Å². The van der Waals surface area contributed by atoms with Crippen LogP contribution in [0.1, 0.15) is 39.3 Å². The maximum Gasteiger partial charge on any atom is 0.303 e. The molecule has 1 aromatic carbocycles. The molecule has 1 aliphatic rings. The van der Waals surface area contributed by atoms with Crippen molar-refractivity contribution < 1.29 is 22.7 Å². The molecular weight excluding hydrogens is 389 g/mol. The molecule has 0 N–H and O–H groups in total. The van der Waals surface area contributed by atoms with Crippen molar-refractivity contribution in [3.8, 4) is 5.75 Å². The number of hydrogen-bond acceptors (Lipinski definition) is 5. The summed E-state index contributed by atoms with van der Waals surface area (Å²) in [7, 11) is -2.14. The minimum absolute atomic E-state index is 0.0995. The summed E-state index contributed by atoms with van der Waals surface area (Å²) in [6.45, 7) is 6.24. The fourth-order valence-electron chi connectivity index (χ4n) is 2.92. The van der Waals surface area contributed by atoms with Gasteiger partial charge in [0.1, 0.15) is 11.4 Å². The van der Waals surface area contributed by atoms with Gasteiger partial charge in [-0.2, -0.15) is 4.31 Å². The van der Waals surface area contributed by atoms with Crippen LogP contribution in [-0.2, 0) is 19.6 Å². The highest BCUT2D eigenvalue weighted by Crippen LogP contribution is 2.48. The van der Waals surface area contributed by atoms with Gasteiger partial charge in [0, 0.05) is 24.6 Å². The fraction of sp³-hybridized carbons (Fsp3) is 0.562. The van der Waals surface area contributed by atoms with Gasteiger partial charge in [0.2, 0.25) is 10.0 Å². The lowest BCUT2D eigenvalue weighted by Gasteiger charge is -2.46. The highest BCUT2D eigenvalue weighted by Gasteiger charge is 2.50. The molecule has 25 heavy (non-hydrogen) atoms. The molecule has 0 amide bonds. The highest BCUT2D eigenvalue weighted by molar-refractivity contribution is 7.89. The van der Waals surface area contributed by atoms with E-state index in [1.165, 1.54) is 24.3 Å². The van der Waals surface area contributed by atoms with Crippen molar-refractivity contribution in [1.29, 1.82) is 0 Å². The van der Waals surface area contributed by atoms with Gasteiger partial charge in [-0.25, -0.2) is 8.42 Å². The van der Waals surface area contributed by atoms with E-state index in [2.05, 4.69) is 0 Å². The fourth-order valence-corrected chi connectivity index (χ4v) is 4.45. The monoisotopic (exact) mass is 409 g/mol. The summed E-state index contributed by atoms with van der Waals surface area (Å²) in [4.78, 5) is 11.6. The number of nitrogens with zero attached hydrogens (tertiary/aromatic N) is 1. The number of halogens is 2. The second-order valence-corrected chi connectivity index (χ2v) is 9.56. The Morgan fingerprint density at radius 1 is 1.36 bits per heavy atom. The largest absolute Gasteiger partial charge is 0.482 e. The SMILES string of the molecule is CCS(=O)(=O)N(C)C1c2cc(Cl)cc(Cl)c2OC(C)(C)C1OC(C)=O. The van der Waals surface area contributed by atoms with E-state index in [9.17, 15) is 13.2 Å². The van der Waals surface area contributed by atoms with Gasteiger partial charge in [-0.15, -0.1) is 0 Å². The van der Waals surface area contributed by atoms with Gasteiger partial charge < -0.3 is 9.47 Å². The quantitative estimate of drug-likeness (QED) is 0.712. The van der Waals surface area contributed by atoms with Crippen molar-refractivity contribution in [2.45, 2.75) is 45.4 Å². The average molecular weight is 410 g/mol. The van der Waals surface area contributed by atoms with Crippen LogP contribution in [0.5, 0.6) is 5.75 Å². The lowest BCUT2D eigenvalue weighted by atomic mass is 9.86. The number of carbonyl (C=O) groups is 1. The molecule has 0 saturated carbocycles. The molecule has 0 radical (unpaired) electrons. The van der Waals surface area contributed by atoms with Gasteiger partial charge >= 0.3 is 5.97 Å². The van der Waals surface area contributed by atoms with Crippen molar-refractivity contribution in [2.24, 2.45) is 0 Å². The Labute approximate surface area is 158 Å². The van der Waals surface area contributed by atoms with Gasteiger partial charge in [0.05, 0.1) is 16.8 Å². The standard InChI is InChI=1S/C16H21Cl2NO5S/c1-6-25(21,22)19(5)13-11-7-10(17)8-12(18)14(11)24-16(3,4)15(13)23-9(2)20/h7-8,13,15H,6H2,1-5H3. The summed E-state index contributed by atoms with van der Waals surface area (Å²) in [6.07, 6.45) is -0.877. The average Bonchev–Trinajstić information content (AvgIpc) is 2.48. The van der Waals surface area contributed by atoms with E-state index >= 15 is 0 Å². The molecular formula is C16H21Cl2NO5S. The van der Waals surface area contributed by atoms with E-state index in [-0.39, 0.29) is 10.8 Å². The summed E-state index contributed by atoms with van der Waals surface area (Å²) < 4.78 is 37.6. The summed E-state index contributed by atoms with van der Waals surface area (Å²) in [5.41, 5.74) is -0.541. The molecule has 0 saturated heterocycles. The Morgan fingerprint density at radius 2 is 1.96 bits per heavy atom. The van der Waals surface area contributed by atoms with Crippen molar-refractivity contribution in [1.82, 2.24) is 4.31 Å². The van der Waals surface area contributed by atoms with Crippen LogP contribution in [0.4, 0.5) is 0 Å². The number of carbonyl (C=O) groups excluding carboxylic acids is 1. The van der Waals surface area contributed by atoms with Crippen molar-refractivity contribution in [2.75, 3.05) is 12.8 Å². The van der Waals surface area contributed by atoms with Crippen LogP contribution in [0, 0.1) is 0 Å². The lowest BCUT2D eigenvalue weighted by molar-refractivity contribution is -0.165. The second-order valence-electron chi connectivity index (χ2n) is 6.40. The van der Waals surface area contributed by atoms with Crippen LogP contribution < -0.4 is 4.74 Å². The molecule has 1 aromatic rings. The molecule has 0 fully saturated rings. The summed E-state index contributed by atoms with van der Waals surface area (Å²) >= 11 is 12.4. The zero-order chi connectivity index (χ0) is 19.2. The topological polar surface area (TPSA) is 72.9 Å². The van der Waals surface area contributed by atoms with Gasteiger partial charge in [-0.1, -0.05) is 23.2 Å². The third kappa shape index (κ3) is 3.89. The predicted molar refractivity (Wildman–Crippen MR) is 96.7 cm³/mol. The molecule has 140 valence electrons. The number of rotatable bonds is 4. The predicted octanol–water partition coefficient (Wildman–Crippen LogP) is 3.42. The molecule has 1 aliphatic heterocycles.